The summed E-state index contributed by atoms with van der Waals surface area (Å²) in [5.41, 5.74) is 8.06. The average molecular weight is 351 g/mol. The number of hydrogen-bond donors (Lipinski definition) is 1. The molecule has 0 bridgehead atoms. The monoisotopic (exact) mass is 351 g/mol. The number of anilines is 1. The number of ether oxygens (including phenoxy) is 1. The van der Waals surface area contributed by atoms with E-state index in [1.54, 1.807) is 27.7 Å². The van der Waals surface area contributed by atoms with Crippen LogP contribution in [0.3, 0.4) is 0 Å². The third-order valence-electron chi connectivity index (χ3n) is 5.06. The number of rotatable bonds is 2. The summed E-state index contributed by atoms with van der Waals surface area (Å²) in [6.45, 7) is 8.86. The van der Waals surface area contributed by atoms with Crippen molar-refractivity contribution in [2.24, 2.45) is 0 Å². The Morgan fingerprint density at radius 3 is 1.88 bits per heavy atom. The summed E-state index contributed by atoms with van der Waals surface area (Å²) in [6, 6.07) is 13.4. The first kappa shape index (κ1) is 18.3. The first-order valence-electron chi connectivity index (χ1n) is 8.78. The number of nitrogens with two attached hydrogens (primary N) is 1. The second kappa shape index (κ2) is 6.06. The molecule has 26 heavy (non-hydrogen) atoms. The van der Waals surface area contributed by atoms with Gasteiger partial charge in [-0.15, -0.1) is 0 Å². The zero-order valence-electron chi connectivity index (χ0n) is 15.9. The van der Waals surface area contributed by atoms with Crippen molar-refractivity contribution in [1.29, 1.82) is 0 Å². The highest BCUT2D eigenvalue weighted by Gasteiger charge is 2.53. The molecule has 2 N–H and O–H groups in total. The standard InChI is InChI=1S/C22H25NO3/c1-13-6-7-15(14-8-10-16(23)11-9-14)12-17(13)18-19(24)21(2,3)26-22(4,5)20(18)25/h6-12,18H,23H2,1-5H3. The molecule has 4 nitrogen and oxygen atoms in total. The average Bonchev–Trinajstić information content (AvgIpc) is 2.55. The number of benzene rings is 2. The van der Waals surface area contributed by atoms with Crippen LogP contribution in [0.25, 0.3) is 11.1 Å². The Kier molecular flexibility index (Phi) is 4.27. The van der Waals surface area contributed by atoms with Gasteiger partial charge in [-0.05, 0) is 75.1 Å². The van der Waals surface area contributed by atoms with E-state index < -0.39 is 17.1 Å². The molecule has 1 heterocycles. The van der Waals surface area contributed by atoms with Crippen LogP contribution in [0.4, 0.5) is 5.69 Å². The fourth-order valence-corrected chi connectivity index (χ4v) is 3.64. The van der Waals surface area contributed by atoms with Crippen LogP contribution in [0.5, 0.6) is 0 Å². The van der Waals surface area contributed by atoms with Gasteiger partial charge in [-0.25, -0.2) is 0 Å². The fourth-order valence-electron chi connectivity index (χ4n) is 3.64. The van der Waals surface area contributed by atoms with Gasteiger partial charge in [-0.2, -0.15) is 0 Å². The summed E-state index contributed by atoms with van der Waals surface area (Å²) in [5, 5.41) is 0. The van der Waals surface area contributed by atoms with Crippen molar-refractivity contribution in [1.82, 2.24) is 0 Å². The number of hydrogen-bond acceptors (Lipinski definition) is 4. The highest BCUT2D eigenvalue weighted by atomic mass is 16.5. The van der Waals surface area contributed by atoms with E-state index in [9.17, 15) is 9.59 Å². The Morgan fingerprint density at radius 2 is 1.35 bits per heavy atom. The van der Waals surface area contributed by atoms with Crippen molar-refractivity contribution in [3.63, 3.8) is 0 Å². The van der Waals surface area contributed by atoms with Gasteiger partial charge in [0.25, 0.3) is 0 Å². The molecule has 2 aromatic carbocycles. The van der Waals surface area contributed by atoms with E-state index in [2.05, 4.69) is 0 Å². The summed E-state index contributed by atoms with van der Waals surface area (Å²) < 4.78 is 5.79. The predicted molar refractivity (Wildman–Crippen MR) is 103 cm³/mol. The predicted octanol–water partition coefficient (Wildman–Crippen LogP) is 4.05. The van der Waals surface area contributed by atoms with Gasteiger partial charge in [-0.1, -0.05) is 24.3 Å². The molecule has 0 spiro atoms. The Balaban J connectivity index is 2.13. The van der Waals surface area contributed by atoms with Crippen LogP contribution in [0.2, 0.25) is 0 Å². The molecule has 136 valence electrons. The van der Waals surface area contributed by atoms with Crippen LogP contribution in [-0.4, -0.2) is 22.8 Å². The van der Waals surface area contributed by atoms with E-state index in [0.717, 1.165) is 22.3 Å². The molecule has 0 radical (unpaired) electrons. The molecule has 1 aliphatic heterocycles. The number of aryl methyl sites for hydroxylation is 1. The summed E-state index contributed by atoms with van der Waals surface area (Å²) in [4.78, 5) is 26.1. The normalized spacial score (nSPS) is 19.6. The molecule has 1 saturated heterocycles. The van der Waals surface area contributed by atoms with Crippen molar-refractivity contribution in [3.8, 4) is 11.1 Å². The van der Waals surface area contributed by atoms with Crippen LogP contribution in [0, 0.1) is 6.92 Å². The van der Waals surface area contributed by atoms with E-state index in [1.165, 1.54) is 0 Å². The number of carbonyl (C=O) groups excluding carboxylic acids is 2. The zero-order chi connectivity index (χ0) is 19.3. The second-order valence-corrected chi connectivity index (χ2v) is 7.98. The third-order valence-corrected chi connectivity index (χ3v) is 5.06. The molecule has 4 heteroatoms. The lowest BCUT2D eigenvalue weighted by atomic mass is 9.73. The lowest BCUT2D eigenvalue weighted by molar-refractivity contribution is -0.184. The highest BCUT2D eigenvalue weighted by molar-refractivity contribution is 6.15. The first-order chi connectivity index (χ1) is 12.0. The Labute approximate surface area is 154 Å². The van der Waals surface area contributed by atoms with Crippen LogP contribution in [0.15, 0.2) is 42.5 Å². The minimum atomic E-state index is -1.01. The van der Waals surface area contributed by atoms with Crippen LogP contribution in [-0.2, 0) is 14.3 Å². The number of carbonyl (C=O) groups is 2. The van der Waals surface area contributed by atoms with E-state index in [0.29, 0.717) is 5.69 Å². The highest BCUT2D eigenvalue weighted by Crippen LogP contribution is 2.40. The summed E-state index contributed by atoms with van der Waals surface area (Å²) >= 11 is 0. The lowest BCUT2D eigenvalue weighted by Gasteiger charge is -2.43. The van der Waals surface area contributed by atoms with Gasteiger partial charge in [0.05, 0.1) is 0 Å². The Hall–Kier alpha value is -2.46. The van der Waals surface area contributed by atoms with E-state index in [-0.39, 0.29) is 11.6 Å². The van der Waals surface area contributed by atoms with Crippen molar-refractivity contribution in [3.05, 3.63) is 53.6 Å². The minimum Gasteiger partial charge on any atom is -0.399 e. The summed E-state index contributed by atoms with van der Waals surface area (Å²) in [6.07, 6.45) is 0. The van der Waals surface area contributed by atoms with Crippen LogP contribution >= 0.6 is 0 Å². The van der Waals surface area contributed by atoms with Gasteiger partial charge < -0.3 is 10.5 Å². The van der Waals surface area contributed by atoms with Gasteiger partial charge >= 0.3 is 0 Å². The molecule has 0 amide bonds. The topological polar surface area (TPSA) is 69.4 Å². The Bertz CT molecular complexity index is 853. The minimum absolute atomic E-state index is 0.195. The fraction of sp³-hybridized carbons (Fsp3) is 0.364. The number of Topliss-reactive ketones (excluding diaryl/α,β-unsaturated/α-hetero) is 2. The van der Waals surface area contributed by atoms with Gasteiger partial charge in [0, 0.05) is 5.69 Å². The largest absolute Gasteiger partial charge is 0.399 e. The second-order valence-electron chi connectivity index (χ2n) is 7.98. The van der Waals surface area contributed by atoms with Gasteiger partial charge in [0.2, 0.25) is 0 Å². The van der Waals surface area contributed by atoms with Crippen LogP contribution in [0.1, 0.15) is 44.7 Å². The van der Waals surface area contributed by atoms with E-state index in [4.69, 9.17) is 10.5 Å². The van der Waals surface area contributed by atoms with Crippen LogP contribution < -0.4 is 5.73 Å². The molecule has 0 aliphatic carbocycles. The molecule has 0 atom stereocenters. The smallest absolute Gasteiger partial charge is 0.179 e. The number of nitrogen functional groups attached to an aromatic ring is 1. The van der Waals surface area contributed by atoms with Gasteiger partial charge in [0.15, 0.2) is 11.6 Å². The maximum Gasteiger partial charge on any atom is 0.179 e. The number of ketones is 2. The van der Waals surface area contributed by atoms with Crippen molar-refractivity contribution in [2.75, 3.05) is 5.73 Å². The summed E-state index contributed by atoms with van der Waals surface area (Å²) in [5.74, 6) is -1.21. The van der Waals surface area contributed by atoms with Crippen molar-refractivity contribution in [2.45, 2.75) is 51.7 Å². The van der Waals surface area contributed by atoms with E-state index in [1.807, 2.05) is 49.4 Å². The van der Waals surface area contributed by atoms with Gasteiger partial charge in [-0.3, -0.25) is 9.59 Å². The quantitative estimate of drug-likeness (QED) is 0.654. The zero-order valence-corrected chi connectivity index (χ0v) is 15.9. The van der Waals surface area contributed by atoms with Crippen molar-refractivity contribution >= 4 is 17.3 Å². The maximum absolute atomic E-state index is 13.0. The molecule has 0 aromatic heterocycles. The third kappa shape index (κ3) is 3.06. The SMILES string of the molecule is Cc1ccc(-c2ccc(N)cc2)cc1C1C(=O)C(C)(C)OC(C)(C)C1=O. The molecule has 1 fully saturated rings. The maximum atomic E-state index is 13.0. The molecular weight excluding hydrogens is 326 g/mol. The molecule has 0 unspecified atom stereocenters. The molecule has 3 rings (SSSR count). The molecule has 0 saturated carbocycles. The molecule has 1 aliphatic rings. The van der Waals surface area contributed by atoms with Gasteiger partial charge in [0.1, 0.15) is 17.1 Å². The first-order valence-corrected chi connectivity index (χ1v) is 8.78. The molecular formula is C22H25NO3. The molecule has 2 aromatic rings. The van der Waals surface area contributed by atoms with E-state index >= 15 is 0 Å². The summed E-state index contributed by atoms with van der Waals surface area (Å²) in [7, 11) is 0. The lowest BCUT2D eigenvalue weighted by Crippen LogP contribution is -2.58. The van der Waals surface area contributed by atoms with Crippen molar-refractivity contribution < 1.29 is 14.3 Å². The Morgan fingerprint density at radius 1 is 0.846 bits per heavy atom.